The van der Waals surface area contributed by atoms with E-state index in [1.165, 1.54) is 57.9 Å². The fourth-order valence-electron chi connectivity index (χ4n) is 19.5. The third kappa shape index (κ3) is 28.2. The number of nitrogens with one attached hydrogen (secondary N) is 4. The molecule has 149 heavy (non-hydrogen) atoms. The van der Waals surface area contributed by atoms with E-state index in [1.54, 1.807) is 95.5 Å². The first-order valence-corrected chi connectivity index (χ1v) is 60.0. The van der Waals surface area contributed by atoms with Crippen molar-refractivity contribution in [2.24, 2.45) is 31.4 Å². The Morgan fingerprint density at radius 2 is 0.866 bits per heavy atom. The Balaban J connectivity index is 0.000000223. The molecule has 2 aliphatic carbocycles. The van der Waals surface area contributed by atoms with Crippen LogP contribution >= 0.6 is 23.2 Å². The molecule has 6 aromatic carbocycles. The minimum Gasteiger partial charge on any atom is -0.455 e. The number of sulfonamides is 2. The number of halogens is 8. The number of ether oxygens (including phenoxy) is 4. The van der Waals surface area contributed by atoms with E-state index in [4.69, 9.17) is 42.1 Å². The Kier molecular flexibility index (Phi) is 34.6. The molecule has 4 aromatic heterocycles. The van der Waals surface area contributed by atoms with Gasteiger partial charge in [0.2, 0.25) is 0 Å². The molecule has 6 aliphatic rings. The summed E-state index contributed by atoms with van der Waals surface area (Å²) < 4.78 is 229. The highest BCUT2D eigenvalue weighted by Gasteiger charge is 2.50. The number of alkyl halides is 6. The number of amides is 4. The fraction of sp³-hybridized carbons (Fsp3) is 0.429. The number of benzene rings is 6. The number of aromatic nitrogens is 4. The number of anilines is 2. The van der Waals surface area contributed by atoms with Crippen molar-refractivity contribution >= 4 is 162 Å². The van der Waals surface area contributed by atoms with Gasteiger partial charge in [0.15, 0.2) is 0 Å². The first-order valence-electron chi connectivity index (χ1n) is 49.1. The van der Waals surface area contributed by atoms with Gasteiger partial charge in [-0.25, -0.2) is 62.7 Å². The van der Waals surface area contributed by atoms with Gasteiger partial charge in [0.05, 0.1) is 55.8 Å². The van der Waals surface area contributed by atoms with Crippen molar-refractivity contribution in [3.8, 4) is 23.0 Å². The van der Waals surface area contributed by atoms with Gasteiger partial charge in [-0.05, 0) is 225 Å². The molecule has 8 heterocycles. The summed E-state index contributed by atoms with van der Waals surface area (Å²) in [6.07, 6.45) is 10.4. The van der Waals surface area contributed by atoms with Crippen LogP contribution < -0.4 is 28.7 Å². The van der Waals surface area contributed by atoms with Gasteiger partial charge in [-0.2, -0.15) is 35.1 Å². The van der Waals surface area contributed by atoms with E-state index in [1.807, 2.05) is 43.5 Å². The van der Waals surface area contributed by atoms with Crippen molar-refractivity contribution < 1.29 is 98.1 Å². The Morgan fingerprint density at radius 3 is 1.23 bits per heavy atom. The molecule has 0 unspecified atom stereocenters. The highest BCUT2D eigenvalue weighted by atomic mass is 35.5. The van der Waals surface area contributed by atoms with E-state index >= 15 is 0 Å². The van der Waals surface area contributed by atoms with Gasteiger partial charge in [-0.15, -0.1) is 18.8 Å². The number of carbonyl (C=O) groups excluding carboxylic acids is 4. The van der Waals surface area contributed by atoms with E-state index < -0.39 is 125 Å². The normalized spacial score (nSPS) is 18.2. The van der Waals surface area contributed by atoms with Crippen LogP contribution in [0, 0.1) is 22.7 Å². The molecule has 4 amide bonds. The monoisotopic (exact) mass is 2210 g/mol. The minimum absolute atomic E-state index is 0.0223. The molecule has 30 nitrogen and oxygen atoms in total. The summed E-state index contributed by atoms with van der Waals surface area (Å²) in [6, 6.07) is 37.4. The summed E-state index contributed by atoms with van der Waals surface area (Å²) in [7, 11) is -25.9. The fourth-order valence-corrected chi connectivity index (χ4v) is 27.9. The molecule has 4 saturated heterocycles. The lowest BCUT2D eigenvalue weighted by Crippen LogP contribution is -2.47. The average molecular weight is 2220 g/mol. The van der Waals surface area contributed by atoms with Crippen molar-refractivity contribution in [2.75, 3.05) is 144 Å². The zero-order valence-corrected chi connectivity index (χ0v) is 90.7. The third-order valence-corrected chi connectivity index (χ3v) is 38.7. The number of fused-ring (bicyclic) bond motifs is 2. The van der Waals surface area contributed by atoms with Crippen LogP contribution in [0.4, 0.5) is 47.3 Å². The molecule has 4 aliphatic heterocycles. The molecule has 0 bridgehead atoms. The lowest BCUT2D eigenvalue weighted by Gasteiger charge is -2.39. The largest absolute Gasteiger partial charge is 0.501 e. The number of hydrogen-bond donors (Lipinski definition) is 4. The molecule has 16 rings (SSSR count). The maximum absolute atomic E-state index is 14.3. The quantitative estimate of drug-likeness (QED) is 0.0240. The minimum atomic E-state index is -6.08. The second kappa shape index (κ2) is 45.9. The second-order valence-electron chi connectivity index (χ2n) is 40.8. The summed E-state index contributed by atoms with van der Waals surface area (Å²) in [5.41, 5.74) is -1.63. The number of aromatic amines is 2. The van der Waals surface area contributed by atoms with E-state index in [-0.39, 0.29) is 81.6 Å². The lowest BCUT2D eigenvalue weighted by atomic mass is 9.72. The van der Waals surface area contributed by atoms with E-state index in [0.29, 0.717) is 144 Å². The topological polar surface area (TPSA) is 367 Å². The Hall–Kier alpha value is -10.9. The van der Waals surface area contributed by atoms with E-state index in [9.17, 15) is 79.2 Å². The zero-order valence-electron chi connectivity index (χ0n) is 84.3. The summed E-state index contributed by atoms with van der Waals surface area (Å²) in [5, 5.41) is 2.80. The highest BCUT2D eigenvalue weighted by molar-refractivity contribution is 8.03. The van der Waals surface area contributed by atoms with Crippen LogP contribution in [0.3, 0.4) is 0 Å². The molecular formula is C105H124Cl2F6N14O16S6. The van der Waals surface area contributed by atoms with E-state index in [2.05, 4.69) is 112 Å². The number of pyridine rings is 2. The predicted molar refractivity (Wildman–Crippen MR) is 574 cm³/mol. The molecule has 10 aromatic rings. The van der Waals surface area contributed by atoms with Crippen molar-refractivity contribution in [2.45, 2.75) is 150 Å². The SMILES string of the molecule is C=S1(=NC(=O)OC(C)C)CCN(C[C@H](C)Cc2ccc(S(=O)(=O)NC(=O)c3ccc(N4CCN(CC5=C(c6ccc(Cl)cc6)CC(C)(C)CC5)CC4)cc3Oc3cnc4[nH]ccc4c3)cc2S(=O)(=O)C(F)(F)F)CC1.C=S1(=NC(=O)OCC)CCN(C[C@H](C)Cc2ccc(S(=O)(=O)NC(=O)c3ccc(N4CCN(CC5=C(c6ccc(Cl)cc6)CC(C)(C)CC5)CC4)cc3Oc3cnc4[nH]ccc4c3)cc2S(=O)(=O)C(F)(F)F)CC1. The standard InChI is InChI=1S/C53H63ClF3N7O8S3.C52H61ClF3N7O8S3/c1-35(2)71-51(66)61-73(6)25-23-63(24-26-73)33-36(3)27-38-9-13-44(30-48(38)74(67,68)53(55,56)57)75(69,70)60-50(65)45-14-12-42(29-47(45)72-43-28-39-16-18-58-49(39)59-32-43)64-21-19-62(20-22-64)34-40-15-17-52(4,5)31-46(40)37-7-10-41(54)11-8-37;1-6-70-50(65)60-72(5)25-23-62(24-26-72)33-35(2)27-37-9-13-43(30-47(37)73(66,67)52(54,55)56)74(68,69)59-49(64)44-14-12-41(29-46(44)71-42-28-38-16-18-57-48(38)58-32-42)63-21-19-61(20-22-63)34-39-15-17-51(3,4)31-45(39)36-7-10-40(53)11-8-36/h7-14,16,18,28-30,32,35-36H,6,15,17,19-27,31,33-34H2,1-5H3,(H,58,59)(H,60,65);7-14,16,18,28-30,32,35H,5-6,15,17,19-27,31,33-34H2,1-4H3,(H,57,58)(H,59,64)/t36-;35-/m11/s1. The number of rotatable bonds is 30. The van der Waals surface area contributed by atoms with Gasteiger partial charge in [-0.3, -0.25) is 19.4 Å². The Morgan fingerprint density at radius 1 is 0.490 bits per heavy atom. The summed E-state index contributed by atoms with van der Waals surface area (Å²) >= 11 is 12.5. The number of H-pyrrole nitrogens is 2. The van der Waals surface area contributed by atoms with Crippen LogP contribution in [0.1, 0.15) is 144 Å². The van der Waals surface area contributed by atoms with Crippen molar-refractivity contribution in [3.05, 3.63) is 225 Å². The van der Waals surface area contributed by atoms with Crippen LogP contribution in [0.15, 0.2) is 210 Å². The molecule has 4 fully saturated rings. The third-order valence-electron chi connectivity index (χ3n) is 27.6. The smallest absolute Gasteiger partial charge is 0.455 e. The van der Waals surface area contributed by atoms with Crippen LogP contribution in [-0.4, -0.2) is 260 Å². The molecule has 802 valence electrons. The molecular weight excluding hydrogens is 2090 g/mol. The summed E-state index contributed by atoms with van der Waals surface area (Å²) in [4.78, 5) is 76.3. The van der Waals surface area contributed by atoms with Gasteiger partial charge >= 0.3 is 23.2 Å². The lowest BCUT2D eigenvalue weighted by molar-refractivity contribution is -0.0442. The van der Waals surface area contributed by atoms with Crippen LogP contribution in [0.2, 0.25) is 10.0 Å². The Labute approximate surface area is 876 Å². The molecule has 4 N–H and O–H groups in total. The van der Waals surface area contributed by atoms with Crippen molar-refractivity contribution in [1.82, 2.24) is 49.0 Å². The Bertz CT molecular complexity index is 7510. The number of piperazine rings is 2. The van der Waals surface area contributed by atoms with E-state index in [0.717, 1.165) is 102 Å². The van der Waals surface area contributed by atoms with Gasteiger partial charge in [0.1, 0.15) is 34.3 Å². The number of allylic oxidation sites excluding steroid dienone is 2. The van der Waals surface area contributed by atoms with Gasteiger partial charge in [0.25, 0.3) is 51.5 Å². The van der Waals surface area contributed by atoms with Crippen molar-refractivity contribution in [3.63, 3.8) is 0 Å². The first-order chi connectivity index (χ1) is 70.2. The number of carbonyl (C=O) groups is 4. The first kappa shape index (κ1) is 112. The maximum Gasteiger partial charge on any atom is 0.501 e. The molecule has 44 heteroatoms. The van der Waals surface area contributed by atoms with Gasteiger partial charge in [0, 0.05) is 184 Å². The summed E-state index contributed by atoms with van der Waals surface area (Å²) in [5.74, 6) is 7.60. The predicted octanol–water partition coefficient (Wildman–Crippen LogP) is 19.6. The zero-order chi connectivity index (χ0) is 107. The van der Waals surface area contributed by atoms with Crippen molar-refractivity contribution in [1.29, 1.82) is 0 Å². The second-order valence-corrected chi connectivity index (χ2v) is 54.8. The van der Waals surface area contributed by atoms with Crippen LogP contribution in [0.5, 0.6) is 23.0 Å². The van der Waals surface area contributed by atoms with Gasteiger partial charge < -0.3 is 48.5 Å². The number of hydrogen-bond acceptors (Lipinski definition) is 24. The average Bonchev–Trinajstić information content (AvgIpc) is 0.968. The van der Waals surface area contributed by atoms with Gasteiger partial charge in [-0.1, -0.05) is 124 Å². The molecule has 0 radical (unpaired) electrons. The molecule has 0 saturated carbocycles. The number of nitrogens with zero attached hydrogens (tertiary/aromatic N) is 10. The number of sulfone groups is 2. The maximum atomic E-state index is 14.3. The molecule has 2 atom stereocenters. The van der Waals surface area contributed by atoms with Crippen LogP contribution in [-0.2, 0) is 80.9 Å². The van der Waals surface area contributed by atoms with Crippen LogP contribution in [0.25, 0.3) is 33.2 Å². The highest BCUT2D eigenvalue weighted by Crippen LogP contribution is 2.47. The summed E-state index contributed by atoms with van der Waals surface area (Å²) in [6.45, 7) is 27.8. The molecule has 0 spiro atoms.